The predicted molar refractivity (Wildman–Crippen MR) is 140 cm³/mol. The summed E-state index contributed by atoms with van der Waals surface area (Å²) in [5.74, 6) is 0.267. The molecule has 0 unspecified atom stereocenters. The first-order valence-corrected chi connectivity index (χ1v) is 12.0. The zero-order valence-corrected chi connectivity index (χ0v) is 20.5. The Kier molecular flexibility index (Phi) is 6.73. The van der Waals surface area contributed by atoms with Gasteiger partial charge in [-0.2, -0.15) is 0 Å². The second kappa shape index (κ2) is 10.2. The van der Waals surface area contributed by atoms with E-state index in [4.69, 9.17) is 12.2 Å². The predicted octanol–water partition coefficient (Wildman–Crippen LogP) is 4.72. The van der Waals surface area contributed by atoms with Gasteiger partial charge in [-0.05, 0) is 79.3 Å². The Bertz CT molecular complexity index is 1360. The standard InChI is InChI=1S/C27H25FN6OS/c1-18-7-12-23(30-17-18)33-15-4-6-22(33)26-25(21-5-2-3-14-29-21)32-27(36)34(26)16-13-24(35)31-20-10-8-19(28)9-11-20/h2-12,14-15,17,25-26H,13,16H2,1H3,(H,31,35)(H,32,36)/t25-,26-/m1/s1. The van der Waals surface area contributed by atoms with Crippen LogP contribution in [0, 0.1) is 12.7 Å². The van der Waals surface area contributed by atoms with E-state index in [1.54, 1.807) is 6.20 Å². The molecule has 1 aromatic carbocycles. The normalized spacial score (nSPS) is 17.2. The number of nitrogens with zero attached hydrogens (tertiary/aromatic N) is 4. The molecule has 2 N–H and O–H groups in total. The molecule has 2 atom stereocenters. The van der Waals surface area contributed by atoms with Gasteiger partial charge in [0.25, 0.3) is 0 Å². The van der Waals surface area contributed by atoms with Crippen molar-refractivity contribution in [1.82, 2.24) is 24.8 Å². The van der Waals surface area contributed by atoms with Gasteiger partial charge in [0.05, 0.1) is 17.8 Å². The van der Waals surface area contributed by atoms with Crippen LogP contribution in [0.25, 0.3) is 5.82 Å². The molecule has 0 bridgehead atoms. The molecule has 5 rings (SSSR count). The third kappa shape index (κ3) is 4.96. The minimum absolute atomic E-state index is 0.181. The number of carbonyl (C=O) groups excluding carboxylic acids is 1. The van der Waals surface area contributed by atoms with Crippen molar-refractivity contribution in [2.24, 2.45) is 0 Å². The molecule has 7 nitrogen and oxygen atoms in total. The molecule has 0 aliphatic carbocycles. The van der Waals surface area contributed by atoms with Crippen LogP contribution in [0.3, 0.4) is 0 Å². The van der Waals surface area contributed by atoms with Crippen molar-refractivity contribution in [3.8, 4) is 5.82 Å². The van der Waals surface area contributed by atoms with E-state index in [1.165, 1.54) is 24.3 Å². The highest BCUT2D eigenvalue weighted by atomic mass is 32.1. The van der Waals surface area contributed by atoms with E-state index >= 15 is 0 Å². The summed E-state index contributed by atoms with van der Waals surface area (Å²) in [5, 5.41) is 6.78. The number of hydrogen-bond acceptors (Lipinski definition) is 4. The van der Waals surface area contributed by atoms with Crippen LogP contribution in [0.15, 0.2) is 85.3 Å². The summed E-state index contributed by atoms with van der Waals surface area (Å²) in [4.78, 5) is 23.9. The third-order valence-corrected chi connectivity index (χ3v) is 6.48. The van der Waals surface area contributed by atoms with E-state index in [2.05, 4.69) is 20.6 Å². The number of benzene rings is 1. The molecule has 36 heavy (non-hydrogen) atoms. The average Bonchev–Trinajstić information content (AvgIpc) is 3.49. The summed E-state index contributed by atoms with van der Waals surface area (Å²) >= 11 is 5.73. The van der Waals surface area contributed by atoms with Gasteiger partial charge in [0.1, 0.15) is 11.6 Å². The van der Waals surface area contributed by atoms with Gasteiger partial charge in [0.2, 0.25) is 5.91 Å². The summed E-state index contributed by atoms with van der Waals surface area (Å²) < 4.78 is 15.2. The fourth-order valence-electron chi connectivity index (χ4n) is 4.39. The van der Waals surface area contributed by atoms with Crippen LogP contribution in [0.5, 0.6) is 0 Å². The summed E-state index contributed by atoms with van der Waals surface area (Å²) in [7, 11) is 0. The molecule has 4 heterocycles. The Morgan fingerprint density at radius 1 is 1.08 bits per heavy atom. The minimum atomic E-state index is -0.351. The number of aromatic nitrogens is 3. The molecule has 9 heteroatoms. The van der Waals surface area contributed by atoms with E-state index in [0.29, 0.717) is 17.3 Å². The Labute approximate surface area is 214 Å². The van der Waals surface area contributed by atoms with E-state index < -0.39 is 0 Å². The summed E-state index contributed by atoms with van der Waals surface area (Å²) in [5.41, 5.74) is 3.46. The van der Waals surface area contributed by atoms with Gasteiger partial charge in [-0.25, -0.2) is 9.37 Å². The molecule has 4 aromatic rings. The molecular formula is C27H25FN6OS. The van der Waals surface area contributed by atoms with Crippen LogP contribution in [0.2, 0.25) is 0 Å². The number of anilines is 1. The van der Waals surface area contributed by atoms with Crippen molar-refractivity contribution in [1.29, 1.82) is 0 Å². The average molecular weight is 501 g/mol. The maximum Gasteiger partial charge on any atom is 0.226 e. The number of amides is 1. The maximum atomic E-state index is 13.2. The lowest BCUT2D eigenvalue weighted by Gasteiger charge is -2.28. The lowest BCUT2D eigenvalue weighted by Crippen LogP contribution is -2.33. The number of halogens is 1. The van der Waals surface area contributed by atoms with Crippen LogP contribution >= 0.6 is 12.2 Å². The number of rotatable bonds is 7. The SMILES string of the molecule is Cc1ccc(-n2cccc2[C@@H]2[C@@H](c3ccccn3)NC(=S)N2CCC(=O)Nc2ccc(F)cc2)nc1. The molecule has 1 aliphatic rings. The number of pyridine rings is 2. The zero-order valence-electron chi connectivity index (χ0n) is 19.6. The van der Waals surface area contributed by atoms with Gasteiger partial charge in [0, 0.05) is 42.9 Å². The number of carbonyl (C=O) groups is 1. The number of hydrogen-bond donors (Lipinski definition) is 2. The molecule has 3 aromatic heterocycles. The van der Waals surface area contributed by atoms with Crippen molar-refractivity contribution in [3.05, 3.63) is 108 Å². The largest absolute Gasteiger partial charge is 0.352 e. The molecule has 0 radical (unpaired) electrons. The van der Waals surface area contributed by atoms with Gasteiger partial charge >= 0.3 is 0 Å². The first kappa shape index (κ1) is 23.6. The highest BCUT2D eigenvalue weighted by Crippen LogP contribution is 2.39. The Hall–Kier alpha value is -4.11. The van der Waals surface area contributed by atoms with E-state index in [1.807, 2.05) is 71.2 Å². The van der Waals surface area contributed by atoms with E-state index in [0.717, 1.165) is 22.8 Å². The highest BCUT2D eigenvalue weighted by Gasteiger charge is 2.41. The Morgan fingerprint density at radius 3 is 2.64 bits per heavy atom. The van der Waals surface area contributed by atoms with Crippen LogP contribution in [0.4, 0.5) is 10.1 Å². The summed E-state index contributed by atoms with van der Waals surface area (Å²) in [6.07, 6.45) is 5.78. The first-order valence-electron chi connectivity index (χ1n) is 11.6. The van der Waals surface area contributed by atoms with Gasteiger partial charge in [-0.3, -0.25) is 9.78 Å². The molecule has 1 fully saturated rings. The van der Waals surface area contributed by atoms with Crippen molar-refractivity contribution < 1.29 is 9.18 Å². The maximum absolute atomic E-state index is 13.2. The van der Waals surface area contributed by atoms with E-state index in [9.17, 15) is 9.18 Å². The lowest BCUT2D eigenvalue weighted by molar-refractivity contribution is -0.116. The Morgan fingerprint density at radius 2 is 1.92 bits per heavy atom. The molecule has 1 amide bonds. The fourth-order valence-corrected chi connectivity index (χ4v) is 4.72. The molecular weight excluding hydrogens is 475 g/mol. The number of aryl methyl sites for hydroxylation is 1. The van der Waals surface area contributed by atoms with Crippen molar-refractivity contribution in [3.63, 3.8) is 0 Å². The number of nitrogens with one attached hydrogen (secondary N) is 2. The summed E-state index contributed by atoms with van der Waals surface area (Å²) in [6.45, 7) is 2.39. The lowest BCUT2D eigenvalue weighted by atomic mass is 10.0. The smallest absolute Gasteiger partial charge is 0.226 e. The van der Waals surface area contributed by atoms with E-state index in [-0.39, 0.29) is 30.2 Å². The van der Waals surface area contributed by atoms with Crippen LogP contribution in [0.1, 0.15) is 35.5 Å². The zero-order chi connectivity index (χ0) is 25.1. The molecule has 0 spiro atoms. The van der Waals surface area contributed by atoms with Crippen LogP contribution in [-0.2, 0) is 4.79 Å². The van der Waals surface area contributed by atoms with Crippen LogP contribution < -0.4 is 10.6 Å². The topological polar surface area (TPSA) is 75.1 Å². The van der Waals surface area contributed by atoms with Gasteiger partial charge in [0.15, 0.2) is 5.11 Å². The van der Waals surface area contributed by atoms with Crippen molar-refractivity contribution >= 4 is 28.9 Å². The monoisotopic (exact) mass is 500 g/mol. The molecule has 0 saturated carbocycles. The van der Waals surface area contributed by atoms with Crippen molar-refractivity contribution in [2.45, 2.75) is 25.4 Å². The van der Waals surface area contributed by atoms with Gasteiger partial charge in [-0.15, -0.1) is 0 Å². The minimum Gasteiger partial charge on any atom is -0.352 e. The van der Waals surface area contributed by atoms with Crippen molar-refractivity contribution in [2.75, 3.05) is 11.9 Å². The first-order chi connectivity index (χ1) is 17.5. The second-order valence-corrected chi connectivity index (χ2v) is 9.01. The number of thiocarbonyl (C=S) groups is 1. The molecule has 1 saturated heterocycles. The quantitative estimate of drug-likeness (QED) is 0.358. The Balaban J connectivity index is 1.43. The highest BCUT2D eigenvalue weighted by molar-refractivity contribution is 7.80. The second-order valence-electron chi connectivity index (χ2n) is 8.62. The molecule has 1 aliphatic heterocycles. The van der Waals surface area contributed by atoms with Gasteiger partial charge in [-0.1, -0.05) is 12.1 Å². The summed E-state index contributed by atoms with van der Waals surface area (Å²) in [6, 6.07) is 19.1. The van der Waals surface area contributed by atoms with Crippen LogP contribution in [-0.4, -0.2) is 37.0 Å². The van der Waals surface area contributed by atoms with Gasteiger partial charge < -0.3 is 20.1 Å². The fraction of sp³-hybridized carbons (Fsp3) is 0.185. The third-order valence-electron chi connectivity index (χ3n) is 6.13. The molecule has 182 valence electrons.